The number of carbonyl (C=O) groups is 4. The first kappa shape index (κ1) is 16.4. The van der Waals surface area contributed by atoms with E-state index in [2.05, 4.69) is 0 Å². The Morgan fingerprint density at radius 1 is 1.22 bits per heavy atom. The zero-order valence-corrected chi connectivity index (χ0v) is 10.6. The van der Waals surface area contributed by atoms with Gasteiger partial charge >= 0.3 is 11.9 Å². The molecule has 18 heavy (non-hydrogen) atoms. The van der Waals surface area contributed by atoms with E-state index in [9.17, 15) is 19.2 Å². The summed E-state index contributed by atoms with van der Waals surface area (Å²) < 4.78 is 0. The second-order valence-electron chi connectivity index (χ2n) is 3.73. The predicted molar refractivity (Wildman–Crippen MR) is 63.8 cm³/mol. The molecule has 0 aliphatic rings. The molecule has 0 aromatic heterocycles. The molecule has 0 fully saturated rings. The molecule has 1 amide bonds. The van der Waals surface area contributed by atoms with Gasteiger partial charge < -0.3 is 15.9 Å². The fraction of sp³-hybridized carbons (Fsp3) is 0.600. The normalized spacial score (nSPS) is 13.6. The molecular weight excluding hydrogens is 262 g/mol. The molecule has 7 nitrogen and oxygen atoms in total. The summed E-state index contributed by atoms with van der Waals surface area (Å²) >= 11 is 0.620. The molecule has 2 unspecified atom stereocenters. The average Bonchev–Trinajstić information content (AvgIpc) is 2.25. The quantitative estimate of drug-likeness (QED) is 0.565. The standard InChI is InChI=1S/C10H15NO6S/c1-5(10(16)17)6(9(11)15)2-3-8(14)18-4-7(12)13/h5-6H,2-4H2,1H3,(H2,11,15)(H,12,13)(H,16,17). The lowest BCUT2D eigenvalue weighted by molar-refractivity contribution is -0.146. The highest BCUT2D eigenvalue weighted by Crippen LogP contribution is 2.20. The first-order valence-electron chi connectivity index (χ1n) is 5.15. The van der Waals surface area contributed by atoms with Gasteiger partial charge in [-0.15, -0.1) is 0 Å². The van der Waals surface area contributed by atoms with Gasteiger partial charge in [0, 0.05) is 6.42 Å². The summed E-state index contributed by atoms with van der Waals surface area (Å²) in [5.41, 5.74) is 5.07. The van der Waals surface area contributed by atoms with Crippen LogP contribution >= 0.6 is 11.8 Å². The topological polar surface area (TPSA) is 135 Å². The van der Waals surface area contributed by atoms with E-state index >= 15 is 0 Å². The van der Waals surface area contributed by atoms with E-state index in [1.165, 1.54) is 6.92 Å². The van der Waals surface area contributed by atoms with E-state index < -0.39 is 34.8 Å². The van der Waals surface area contributed by atoms with Crippen LogP contribution in [-0.2, 0) is 19.2 Å². The van der Waals surface area contributed by atoms with E-state index in [1.807, 2.05) is 0 Å². The number of aliphatic carboxylic acids is 2. The molecule has 0 bridgehead atoms. The third-order valence-corrected chi connectivity index (χ3v) is 3.29. The largest absolute Gasteiger partial charge is 0.481 e. The molecule has 0 rings (SSSR count). The Labute approximate surface area is 108 Å². The maximum atomic E-state index is 11.3. The van der Waals surface area contributed by atoms with Crippen LogP contribution in [0.15, 0.2) is 0 Å². The Morgan fingerprint density at radius 3 is 2.17 bits per heavy atom. The van der Waals surface area contributed by atoms with Crippen LogP contribution in [0.3, 0.4) is 0 Å². The Morgan fingerprint density at radius 2 is 1.78 bits per heavy atom. The second-order valence-corrected chi connectivity index (χ2v) is 4.76. The highest BCUT2D eigenvalue weighted by Gasteiger charge is 2.28. The molecule has 8 heteroatoms. The Hall–Kier alpha value is -1.57. The number of primary amides is 1. The van der Waals surface area contributed by atoms with Crippen molar-refractivity contribution in [3.05, 3.63) is 0 Å². The molecule has 0 heterocycles. The van der Waals surface area contributed by atoms with Crippen molar-refractivity contribution >= 4 is 34.7 Å². The van der Waals surface area contributed by atoms with E-state index in [4.69, 9.17) is 15.9 Å². The fourth-order valence-corrected chi connectivity index (χ4v) is 1.85. The average molecular weight is 277 g/mol. The highest BCUT2D eigenvalue weighted by molar-refractivity contribution is 8.14. The van der Waals surface area contributed by atoms with Crippen LogP contribution in [0.5, 0.6) is 0 Å². The summed E-state index contributed by atoms with van der Waals surface area (Å²) in [5, 5.41) is 16.7. The molecule has 0 aliphatic heterocycles. The van der Waals surface area contributed by atoms with Crippen LogP contribution in [0, 0.1) is 11.8 Å². The highest BCUT2D eigenvalue weighted by atomic mass is 32.2. The van der Waals surface area contributed by atoms with Crippen molar-refractivity contribution in [1.29, 1.82) is 0 Å². The van der Waals surface area contributed by atoms with Crippen LogP contribution in [0.25, 0.3) is 0 Å². The lowest BCUT2D eigenvalue weighted by atomic mass is 9.89. The number of hydrogen-bond acceptors (Lipinski definition) is 5. The summed E-state index contributed by atoms with van der Waals surface area (Å²) in [6, 6.07) is 0. The molecular formula is C10H15NO6S. The van der Waals surface area contributed by atoms with Gasteiger partial charge in [0.15, 0.2) is 5.12 Å². The summed E-state index contributed by atoms with van der Waals surface area (Å²) in [6.45, 7) is 1.34. The van der Waals surface area contributed by atoms with Crippen molar-refractivity contribution < 1.29 is 29.4 Å². The van der Waals surface area contributed by atoms with Crippen LogP contribution in [-0.4, -0.2) is 38.9 Å². The van der Waals surface area contributed by atoms with Crippen LogP contribution in [0.2, 0.25) is 0 Å². The Balaban J connectivity index is 4.28. The molecule has 2 atom stereocenters. The van der Waals surface area contributed by atoms with E-state index in [0.29, 0.717) is 11.8 Å². The summed E-state index contributed by atoms with van der Waals surface area (Å²) in [7, 11) is 0. The van der Waals surface area contributed by atoms with Gasteiger partial charge in [0.1, 0.15) is 0 Å². The van der Waals surface area contributed by atoms with Gasteiger partial charge in [-0.25, -0.2) is 0 Å². The smallest absolute Gasteiger partial charge is 0.313 e. The van der Waals surface area contributed by atoms with Gasteiger partial charge in [-0.3, -0.25) is 19.2 Å². The Bertz CT molecular complexity index is 356. The number of nitrogens with two attached hydrogens (primary N) is 1. The minimum atomic E-state index is -1.16. The van der Waals surface area contributed by atoms with Crippen molar-refractivity contribution in [3.8, 4) is 0 Å². The number of thioether (sulfide) groups is 1. The molecule has 0 aromatic rings. The molecule has 102 valence electrons. The predicted octanol–water partition coefficient (Wildman–Crippen LogP) is -0.0668. The van der Waals surface area contributed by atoms with Gasteiger partial charge in [-0.2, -0.15) is 0 Å². The van der Waals surface area contributed by atoms with Crippen molar-refractivity contribution in [2.24, 2.45) is 17.6 Å². The number of carbonyl (C=O) groups excluding carboxylic acids is 2. The summed E-state index contributed by atoms with van der Waals surface area (Å²) in [4.78, 5) is 43.3. The maximum absolute atomic E-state index is 11.3. The monoisotopic (exact) mass is 277 g/mol. The van der Waals surface area contributed by atoms with Crippen LogP contribution < -0.4 is 5.73 Å². The molecule has 4 N–H and O–H groups in total. The van der Waals surface area contributed by atoms with Crippen LogP contribution in [0.4, 0.5) is 0 Å². The van der Waals surface area contributed by atoms with E-state index in [0.717, 1.165) is 0 Å². The molecule has 0 radical (unpaired) electrons. The first-order chi connectivity index (χ1) is 8.25. The molecule has 0 aliphatic carbocycles. The van der Waals surface area contributed by atoms with Crippen molar-refractivity contribution in [2.75, 3.05) is 5.75 Å². The lowest BCUT2D eigenvalue weighted by Gasteiger charge is -2.16. The first-order valence-corrected chi connectivity index (χ1v) is 6.13. The Kier molecular flexibility index (Phi) is 7.03. The molecule has 0 saturated carbocycles. The minimum Gasteiger partial charge on any atom is -0.481 e. The van der Waals surface area contributed by atoms with E-state index in [1.54, 1.807) is 0 Å². The molecule has 0 saturated heterocycles. The maximum Gasteiger partial charge on any atom is 0.313 e. The summed E-state index contributed by atoms with van der Waals surface area (Å²) in [6.07, 6.45) is -0.0720. The zero-order valence-electron chi connectivity index (χ0n) is 9.79. The number of hydrogen-bond donors (Lipinski definition) is 3. The minimum absolute atomic E-state index is 0.00819. The number of carboxylic acid groups (broad SMARTS) is 2. The van der Waals surface area contributed by atoms with Crippen molar-refractivity contribution in [3.63, 3.8) is 0 Å². The van der Waals surface area contributed by atoms with Gasteiger partial charge in [-0.05, 0) is 6.42 Å². The third kappa shape index (κ3) is 6.24. The lowest BCUT2D eigenvalue weighted by Crippen LogP contribution is -2.33. The van der Waals surface area contributed by atoms with Gasteiger partial charge in [0.2, 0.25) is 5.91 Å². The second kappa shape index (κ2) is 7.70. The van der Waals surface area contributed by atoms with Gasteiger partial charge in [-0.1, -0.05) is 18.7 Å². The van der Waals surface area contributed by atoms with Gasteiger partial charge in [0.05, 0.1) is 17.6 Å². The third-order valence-electron chi connectivity index (χ3n) is 2.37. The zero-order chi connectivity index (χ0) is 14.3. The van der Waals surface area contributed by atoms with E-state index in [-0.39, 0.29) is 18.6 Å². The number of amides is 1. The number of carboxylic acids is 2. The van der Waals surface area contributed by atoms with Gasteiger partial charge in [0.25, 0.3) is 0 Å². The van der Waals surface area contributed by atoms with Crippen molar-refractivity contribution in [2.45, 2.75) is 19.8 Å². The molecule has 0 spiro atoms. The molecule has 0 aromatic carbocycles. The summed E-state index contributed by atoms with van der Waals surface area (Å²) in [5.74, 6) is -5.31. The van der Waals surface area contributed by atoms with Crippen molar-refractivity contribution in [1.82, 2.24) is 0 Å². The SMILES string of the molecule is CC(C(=O)O)C(CCC(=O)SCC(=O)O)C(N)=O. The fourth-order valence-electron chi connectivity index (χ4n) is 1.30. The van der Waals surface area contributed by atoms with Crippen LogP contribution in [0.1, 0.15) is 19.8 Å². The number of rotatable bonds is 8.